The van der Waals surface area contributed by atoms with Gasteiger partial charge in [0.1, 0.15) is 13.2 Å². The van der Waals surface area contributed by atoms with Crippen molar-refractivity contribution in [1.82, 2.24) is 5.32 Å². The second kappa shape index (κ2) is 6.67. The van der Waals surface area contributed by atoms with Gasteiger partial charge in [0.2, 0.25) is 0 Å². The van der Waals surface area contributed by atoms with Crippen molar-refractivity contribution in [1.29, 1.82) is 0 Å². The Morgan fingerprint density at radius 2 is 1.81 bits per heavy atom. The Balaban J connectivity index is 1.87. The predicted molar refractivity (Wildman–Crippen MR) is 83.9 cm³/mol. The van der Waals surface area contributed by atoms with E-state index in [4.69, 9.17) is 9.47 Å². The molecule has 2 atom stereocenters. The fourth-order valence-corrected chi connectivity index (χ4v) is 2.13. The third kappa shape index (κ3) is 4.35. The average molecular weight is 293 g/mol. The van der Waals surface area contributed by atoms with Crippen molar-refractivity contribution in [3.05, 3.63) is 23.8 Å². The maximum atomic E-state index is 10.3. The number of aliphatic hydroxyl groups is 1. The molecular formula is C17H27NO3. The molecule has 0 radical (unpaired) electrons. The summed E-state index contributed by atoms with van der Waals surface area (Å²) in [6, 6.07) is 5.63. The third-order valence-electron chi connectivity index (χ3n) is 4.22. The summed E-state index contributed by atoms with van der Waals surface area (Å²) in [6.07, 6.45) is -0.534. The van der Waals surface area contributed by atoms with E-state index in [0.29, 0.717) is 25.7 Å². The molecule has 1 aliphatic heterocycles. The minimum atomic E-state index is -0.534. The molecule has 1 aliphatic rings. The minimum Gasteiger partial charge on any atom is -0.486 e. The van der Waals surface area contributed by atoms with E-state index >= 15 is 0 Å². The second-order valence-corrected chi connectivity index (χ2v) is 6.84. The Morgan fingerprint density at radius 1 is 1.14 bits per heavy atom. The highest BCUT2D eigenvalue weighted by molar-refractivity contribution is 5.44. The lowest BCUT2D eigenvalue weighted by molar-refractivity contribution is 0.159. The van der Waals surface area contributed by atoms with Crippen molar-refractivity contribution in [3.8, 4) is 11.5 Å². The van der Waals surface area contributed by atoms with Crippen molar-refractivity contribution in [3.63, 3.8) is 0 Å². The van der Waals surface area contributed by atoms with E-state index in [0.717, 1.165) is 23.6 Å². The summed E-state index contributed by atoms with van der Waals surface area (Å²) in [5, 5.41) is 13.6. The highest BCUT2D eigenvalue weighted by atomic mass is 16.6. The van der Waals surface area contributed by atoms with Gasteiger partial charge < -0.3 is 19.9 Å². The predicted octanol–water partition coefficient (Wildman–Crippen LogP) is 2.76. The fourth-order valence-electron chi connectivity index (χ4n) is 2.13. The van der Waals surface area contributed by atoms with Crippen LogP contribution in [0.1, 0.15) is 39.4 Å². The molecule has 0 spiro atoms. The summed E-state index contributed by atoms with van der Waals surface area (Å²) in [6.45, 7) is 11.5. The van der Waals surface area contributed by atoms with Gasteiger partial charge in [0.15, 0.2) is 11.5 Å². The molecule has 118 valence electrons. The second-order valence-electron chi connectivity index (χ2n) is 6.84. The first-order valence-corrected chi connectivity index (χ1v) is 7.66. The van der Waals surface area contributed by atoms with E-state index in [1.807, 2.05) is 18.2 Å². The standard InChI is InChI=1S/C17H27NO3/c1-12(17(2,3)4)10-18-11-14(19)13-5-6-15-16(9-13)21-8-7-20-15/h5-6,9,12,14,18-19H,7-8,10-11H2,1-4H3. The summed E-state index contributed by atoms with van der Waals surface area (Å²) in [5.41, 5.74) is 1.13. The van der Waals surface area contributed by atoms with Gasteiger partial charge in [-0.3, -0.25) is 0 Å². The molecule has 1 aromatic carbocycles. The van der Waals surface area contributed by atoms with Crippen molar-refractivity contribution >= 4 is 0 Å². The Bertz CT molecular complexity index is 468. The van der Waals surface area contributed by atoms with Crippen LogP contribution in [0.25, 0.3) is 0 Å². The molecule has 0 aromatic heterocycles. The molecule has 0 amide bonds. The Hall–Kier alpha value is -1.26. The minimum absolute atomic E-state index is 0.273. The number of nitrogens with one attached hydrogen (secondary N) is 1. The zero-order valence-corrected chi connectivity index (χ0v) is 13.5. The van der Waals surface area contributed by atoms with Crippen molar-refractivity contribution in [2.24, 2.45) is 11.3 Å². The van der Waals surface area contributed by atoms with Crippen LogP contribution in [0.2, 0.25) is 0 Å². The van der Waals surface area contributed by atoms with E-state index < -0.39 is 6.10 Å². The van der Waals surface area contributed by atoms with Crippen LogP contribution in [-0.2, 0) is 0 Å². The fraction of sp³-hybridized carbons (Fsp3) is 0.647. The number of hydrogen-bond donors (Lipinski definition) is 2. The molecule has 2 unspecified atom stereocenters. The van der Waals surface area contributed by atoms with E-state index in [9.17, 15) is 5.11 Å². The third-order valence-corrected chi connectivity index (χ3v) is 4.22. The lowest BCUT2D eigenvalue weighted by atomic mass is 9.82. The maximum absolute atomic E-state index is 10.3. The smallest absolute Gasteiger partial charge is 0.161 e. The van der Waals surface area contributed by atoms with Crippen LogP contribution in [0.15, 0.2) is 18.2 Å². The van der Waals surface area contributed by atoms with Gasteiger partial charge >= 0.3 is 0 Å². The SMILES string of the molecule is CC(CNCC(O)c1ccc2c(c1)OCCO2)C(C)(C)C. The summed E-state index contributed by atoms with van der Waals surface area (Å²) in [5.74, 6) is 2.03. The Labute approximate surface area is 127 Å². The lowest BCUT2D eigenvalue weighted by Gasteiger charge is -2.28. The summed E-state index contributed by atoms with van der Waals surface area (Å²) in [7, 11) is 0. The van der Waals surface area contributed by atoms with E-state index in [1.165, 1.54) is 0 Å². The van der Waals surface area contributed by atoms with Crippen LogP contribution < -0.4 is 14.8 Å². The molecule has 0 saturated carbocycles. The topological polar surface area (TPSA) is 50.7 Å². The van der Waals surface area contributed by atoms with E-state index in [-0.39, 0.29) is 5.41 Å². The highest BCUT2D eigenvalue weighted by Crippen LogP contribution is 2.32. The molecule has 0 saturated heterocycles. The van der Waals surface area contributed by atoms with Crippen molar-refractivity contribution < 1.29 is 14.6 Å². The molecular weight excluding hydrogens is 266 g/mol. The molecule has 0 aliphatic carbocycles. The summed E-state index contributed by atoms with van der Waals surface area (Å²) < 4.78 is 11.0. The largest absolute Gasteiger partial charge is 0.486 e. The molecule has 2 N–H and O–H groups in total. The van der Waals surface area contributed by atoms with Crippen LogP contribution in [-0.4, -0.2) is 31.4 Å². The number of aliphatic hydroxyl groups excluding tert-OH is 1. The maximum Gasteiger partial charge on any atom is 0.161 e. The molecule has 0 bridgehead atoms. The molecule has 1 heterocycles. The van der Waals surface area contributed by atoms with Gasteiger partial charge in [-0.05, 0) is 35.6 Å². The van der Waals surface area contributed by atoms with Gasteiger partial charge in [-0.15, -0.1) is 0 Å². The molecule has 4 nitrogen and oxygen atoms in total. The average Bonchev–Trinajstić information content (AvgIpc) is 2.45. The van der Waals surface area contributed by atoms with Gasteiger partial charge in [-0.1, -0.05) is 33.8 Å². The van der Waals surface area contributed by atoms with Crippen molar-refractivity contribution in [2.75, 3.05) is 26.3 Å². The van der Waals surface area contributed by atoms with Gasteiger partial charge in [0, 0.05) is 6.54 Å². The monoisotopic (exact) mass is 293 g/mol. The first kappa shape index (κ1) is 16.1. The van der Waals surface area contributed by atoms with Gasteiger partial charge in [-0.25, -0.2) is 0 Å². The zero-order valence-electron chi connectivity index (χ0n) is 13.5. The van der Waals surface area contributed by atoms with E-state index in [2.05, 4.69) is 33.0 Å². The first-order valence-electron chi connectivity index (χ1n) is 7.66. The van der Waals surface area contributed by atoms with Gasteiger partial charge in [-0.2, -0.15) is 0 Å². The van der Waals surface area contributed by atoms with Crippen LogP contribution in [0, 0.1) is 11.3 Å². The normalized spacial score (nSPS) is 17.4. The summed E-state index contributed by atoms with van der Waals surface area (Å²) >= 11 is 0. The molecule has 1 aromatic rings. The first-order chi connectivity index (χ1) is 9.88. The molecule has 2 rings (SSSR count). The van der Waals surface area contributed by atoms with Crippen LogP contribution in [0.4, 0.5) is 0 Å². The Kier molecular flexibility index (Phi) is 5.12. The molecule has 21 heavy (non-hydrogen) atoms. The lowest BCUT2D eigenvalue weighted by Crippen LogP contribution is -2.32. The van der Waals surface area contributed by atoms with Crippen LogP contribution >= 0.6 is 0 Å². The molecule has 4 heteroatoms. The van der Waals surface area contributed by atoms with E-state index in [1.54, 1.807) is 0 Å². The molecule has 0 fully saturated rings. The number of ether oxygens (including phenoxy) is 2. The van der Waals surface area contributed by atoms with Crippen molar-refractivity contribution in [2.45, 2.75) is 33.8 Å². The highest BCUT2D eigenvalue weighted by Gasteiger charge is 2.20. The summed E-state index contributed by atoms with van der Waals surface area (Å²) in [4.78, 5) is 0. The van der Waals surface area contributed by atoms with Gasteiger partial charge in [0.25, 0.3) is 0 Å². The Morgan fingerprint density at radius 3 is 2.48 bits per heavy atom. The number of rotatable bonds is 5. The quantitative estimate of drug-likeness (QED) is 0.876. The van der Waals surface area contributed by atoms with Gasteiger partial charge in [0.05, 0.1) is 6.10 Å². The van der Waals surface area contributed by atoms with Crippen LogP contribution in [0.5, 0.6) is 11.5 Å². The van der Waals surface area contributed by atoms with Crippen LogP contribution in [0.3, 0.4) is 0 Å². The number of benzene rings is 1. The number of fused-ring (bicyclic) bond motifs is 1. The zero-order chi connectivity index (χ0) is 15.5. The number of hydrogen-bond acceptors (Lipinski definition) is 4.